The van der Waals surface area contributed by atoms with Gasteiger partial charge in [-0.05, 0) is 61.6 Å². The van der Waals surface area contributed by atoms with Crippen molar-refractivity contribution < 1.29 is 14.4 Å². The molecule has 0 aromatic heterocycles. The number of aryl methyl sites for hydroxylation is 1. The first-order valence-electron chi connectivity index (χ1n) is 15.0. The molecule has 2 aliphatic rings. The fourth-order valence-electron chi connectivity index (χ4n) is 6.15. The molecule has 1 aliphatic carbocycles. The van der Waals surface area contributed by atoms with E-state index >= 15 is 0 Å². The number of rotatable bonds is 9. The van der Waals surface area contributed by atoms with Gasteiger partial charge in [0.05, 0.1) is 6.04 Å². The summed E-state index contributed by atoms with van der Waals surface area (Å²) in [6.45, 7) is 7.92. The Morgan fingerprint density at radius 3 is 2.35 bits per heavy atom. The van der Waals surface area contributed by atoms with Crippen molar-refractivity contribution in [3.05, 3.63) is 65.2 Å². The predicted molar refractivity (Wildman–Crippen MR) is 160 cm³/mol. The zero-order valence-electron chi connectivity index (χ0n) is 24.6. The molecule has 1 saturated carbocycles. The summed E-state index contributed by atoms with van der Waals surface area (Å²) in [5, 5.41) is 6.05. The van der Waals surface area contributed by atoms with Crippen LogP contribution in [0.2, 0.25) is 0 Å². The minimum Gasteiger partial charge on any atom is -0.344 e. The van der Waals surface area contributed by atoms with Crippen molar-refractivity contribution >= 4 is 23.4 Å². The zero-order chi connectivity index (χ0) is 28.6. The fourth-order valence-corrected chi connectivity index (χ4v) is 6.15. The highest BCUT2D eigenvalue weighted by Gasteiger charge is 2.33. The second-order valence-corrected chi connectivity index (χ2v) is 11.7. The largest absolute Gasteiger partial charge is 0.344 e. The van der Waals surface area contributed by atoms with Crippen LogP contribution < -0.4 is 10.6 Å². The Morgan fingerprint density at radius 1 is 0.975 bits per heavy atom. The molecule has 1 heterocycles. The molecule has 40 heavy (non-hydrogen) atoms. The smallest absolute Gasteiger partial charge is 0.245 e. The van der Waals surface area contributed by atoms with Crippen LogP contribution in [0.5, 0.6) is 0 Å². The maximum atomic E-state index is 13.8. The van der Waals surface area contributed by atoms with E-state index < -0.39 is 6.04 Å². The number of carbonyl (C=O) groups is 3. The number of anilines is 1. The van der Waals surface area contributed by atoms with E-state index in [1.54, 1.807) is 6.92 Å². The second-order valence-electron chi connectivity index (χ2n) is 11.7. The molecular weight excluding hydrogens is 500 g/mol. The van der Waals surface area contributed by atoms with E-state index in [0.717, 1.165) is 30.6 Å². The summed E-state index contributed by atoms with van der Waals surface area (Å²) in [6.07, 6.45) is 6.69. The predicted octanol–water partition coefficient (Wildman–Crippen LogP) is 5.10. The van der Waals surface area contributed by atoms with Crippen molar-refractivity contribution in [1.29, 1.82) is 0 Å². The normalized spacial score (nSPS) is 20.0. The van der Waals surface area contributed by atoms with Gasteiger partial charge in [0, 0.05) is 44.1 Å². The standard InChI is InChI=1S/C33H46N4O3/c1-5-31(38)35-29(33(40)37-20-19-36(4)30(22-37)28-14-10-9-11-23(28)2)21-25-15-17-27(18-16-25)34-32(39)24(3)26-12-7-6-8-13-26/h9-11,14-18,24,26,29-30H,5-8,12-13,19-22H2,1-4H3,(H,34,39)(H,35,38)/t24-,29?,30?/m0/s1. The molecule has 2 unspecified atom stereocenters. The highest BCUT2D eigenvalue weighted by atomic mass is 16.2. The summed E-state index contributed by atoms with van der Waals surface area (Å²) in [5.41, 5.74) is 4.14. The summed E-state index contributed by atoms with van der Waals surface area (Å²) in [4.78, 5) is 43.3. The molecule has 216 valence electrons. The van der Waals surface area contributed by atoms with Crippen molar-refractivity contribution in [3.63, 3.8) is 0 Å². The van der Waals surface area contributed by atoms with Gasteiger partial charge in [0.25, 0.3) is 0 Å². The third-order valence-electron chi connectivity index (χ3n) is 8.89. The lowest BCUT2D eigenvalue weighted by atomic mass is 9.80. The highest BCUT2D eigenvalue weighted by Crippen LogP contribution is 2.31. The topological polar surface area (TPSA) is 81.8 Å². The third-order valence-corrected chi connectivity index (χ3v) is 8.89. The van der Waals surface area contributed by atoms with Gasteiger partial charge in [-0.15, -0.1) is 0 Å². The van der Waals surface area contributed by atoms with Gasteiger partial charge in [-0.1, -0.05) is 69.5 Å². The van der Waals surface area contributed by atoms with Gasteiger partial charge >= 0.3 is 0 Å². The molecule has 1 saturated heterocycles. The summed E-state index contributed by atoms with van der Waals surface area (Å²) in [6, 6.07) is 15.5. The van der Waals surface area contributed by atoms with Crippen LogP contribution in [-0.2, 0) is 20.8 Å². The fraction of sp³-hybridized carbons (Fsp3) is 0.545. The molecule has 2 fully saturated rings. The van der Waals surface area contributed by atoms with Crippen LogP contribution in [0.15, 0.2) is 48.5 Å². The first kappa shape index (κ1) is 29.8. The molecule has 0 bridgehead atoms. The lowest BCUT2D eigenvalue weighted by molar-refractivity contribution is -0.138. The molecule has 2 N–H and O–H groups in total. The number of hydrogen-bond acceptors (Lipinski definition) is 4. The molecule has 7 nitrogen and oxygen atoms in total. The second kappa shape index (κ2) is 13.9. The van der Waals surface area contributed by atoms with Gasteiger partial charge in [-0.3, -0.25) is 19.3 Å². The quantitative estimate of drug-likeness (QED) is 0.458. The average molecular weight is 547 g/mol. The number of hydrogen-bond donors (Lipinski definition) is 2. The average Bonchev–Trinajstić information content (AvgIpc) is 2.98. The summed E-state index contributed by atoms with van der Waals surface area (Å²) < 4.78 is 0. The number of nitrogens with one attached hydrogen (secondary N) is 2. The number of carbonyl (C=O) groups excluding carboxylic acids is 3. The summed E-state index contributed by atoms with van der Waals surface area (Å²) in [7, 11) is 2.10. The molecule has 3 atom stereocenters. The Kier molecular flexibility index (Phi) is 10.4. The van der Waals surface area contributed by atoms with Gasteiger partial charge in [0.1, 0.15) is 6.04 Å². The van der Waals surface area contributed by atoms with Crippen molar-refractivity contribution in [3.8, 4) is 0 Å². The Balaban J connectivity index is 1.42. The Hall–Kier alpha value is -3.19. The van der Waals surface area contributed by atoms with Crippen LogP contribution in [0.3, 0.4) is 0 Å². The molecule has 1 aliphatic heterocycles. The van der Waals surface area contributed by atoms with Gasteiger partial charge in [0.15, 0.2) is 0 Å². The van der Waals surface area contributed by atoms with Crippen molar-refractivity contribution in [2.75, 3.05) is 32.0 Å². The minimum absolute atomic E-state index is 0.00155. The SMILES string of the molecule is CCC(=O)NC(Cc1ccc(NC(=O)[C@@H](C)C2CCCCC2)cc1)C(=O)N1CCN(C)C(c2ccccc2C)C1. The van der Waals surface area contributed by atoms with Crippen LogP contribution in [0.25, 0.3) is 0 Å². The van der Waals surface area contributed by atoms with Crippen molar-refractivity contribution in [2.45, 2.75) is 77.8 Å². The molecular formula is C33H46N4O3. The number of amides is 3. The molecule has 4 rings (SSSR count). The van der Waals surface area contributed by atoms with E-state index in [0.29, 0.717) is 31.8 Å². The zero-order valence-corrected chi connectivity index (χ0v) is 24.6. The van der Waals surface area contributed by atoms with Gasteiger partial charge < -0.3 is 15.5 Å². The van der Waals surface area contributed by atoms with Crippen LogP contribution in [-0.4, -0.2) is 60.2 Å². The van der Waals surface area contributed by atoms with E-state index in [1.165, 1.54) is 30.4 Å². The first-order chi connectivity index (χ1) is 19.3. The highest BCUT2D eigenvalue weighted by molar-refractivity contribution is 5.92. The monoisotopic (exact) mass is 546 g/mol. The van der Waals surface area contributed by atoms with E-state index in [-0.39, 0.29) is 29.7 Å². The molecule has 2 aromatic rings. The summed E-state index contributed by atoms with van der Waals surface area (Å²) in [5.74, 6) is 0.345. The maximum absolute atomic E-state index is 13.8. The summed E-state index contributed by atoms with van der Waals surface area (Å²) >= 11 is 0. The number of nitrogens with zero attached hydrogens (tertiary/aromatic N) is 2. The van der Waals surface area contributed by atoms with Crippen molar-refractivity contribution in [2.24, 2.45) is 11.8 Å². The third kappa shape index (κ3) is 7.51. The van der Waals surface area contributed by atoms with E-state index in [2.05, 4.69) is 41.6 Å². The minimum atomic E-state index is -0.639. The number of likely N-dealkylation sites (N-methyl/N-ethyl adjacent to an activating group) is 1. The van der Waals surface area contributed by atoms with Crippen molar-refractivity contribution in [1.82, 2.24) is 15.1 Å². The van der Waals surface area contributed by atoms with E-state index in [9.17, 15) is 14.4 Å². The number of piperazine rings is 1. The van der Waals surface area contributed by atoms with Crippen LogP contribution in [0.4, 0.5) is 5.69 Å². The molecule has 0 spiro atoms. The molecule has 2 aromatic carbocycles. The van der Waals surface area contributed by atoms with Gasteiger partial charge in [0.2, 0.25) is 17.7 Å². The van der Waals surface area contributed by atoms with E-state index in [1.807, 2.05) is 48.2 Å². The Morgan fingerprint density at radius 2 is 1.68 bits per heavy atom. The lowest BCUT2D eigenvalue weighted by Crippen LogP contribution is -2.55. The Labute approximate surface area is 239 Å². The maximum Gasteiger partial charge on any atom is 0.245 e. The van der Waals surface area contributed by atoms with E-state index in [4.69, 9.17) is 0 Å². The van der Waals surface area contributed by atoms with Crippen LogP contribution in [0, 0.1) is 18.8 Å². The molecule has 7 heteroatoms. The Bertz CT molecular complexity index is 1160. The number of benzene rings is 2. The first-order valence-corrected chi connectivity index (χ1v) is 15.0. The van der Waals surface area contributed by atoms with Crippen LogP contribution >= 0.6 is 0 Å². The van der Waals surface area contributed by atoms with Crippen LogP contribution in [0.1, 0.15) is 75.1 Å². The molecule has 3 amide bonds. The van der Waals surface area contributed by atoms with Gasteiger partial charge in [-0.25, -0.2) is 0 Å². The lowest BCUT2D eigenvalue weighted by Gasteiger charge is -2.41. The van der Waals surface area contributed by atoms with Gasteiger partial charge in [-0.2, -0.15) is 0 Å². The molecule has 0 radical (unpaired) electrons.